The van der Waals surface area contributed by atoms with Crippen molar-refractivity contribution in [1.29, 1.82) is 0 Å². The Kier molecular flexibility index (Phi) is 4.94. The summed E-state index contributed by atoms with van der Waals surface area (Å²) in [4.78, 5) is 14.8. The zero-order valence-corrected chi connectivity index (χ0v) is 17.1. The summed E-state index contributed by atoms with van der Waals surface area (Å²) in [6.45, 7) is 6.48. The predicted molar refractivity (Wildman–Crippen MR) is 120 cm³/mol. The zero-order valence-electron chi connectivity index (χ0n) is 17.1. The van der Waals surface area contributed by atoms with E-state index in [1.807, 2.05) is 12.3 Å². The van der Waals surface area contributed by atoms with Crippen molar-refractivity contribution in [2.24, 2.45) is 0 Å². The smallest absolute Gasteiger partial charge is 0.247 e. The minimum atomic E-state index is -0.535. The lowest BCUT2D eigenvalue weighted by atomic mass is 9.62. The number of aromatic nitrogens is 1. The summed E-state index contributed by atoms with van der Waals surface area (Å²) >= 11 is 0. The molecule has 0 fully saturated rings. The first-order chi connectivity index (χ1) is 14.0. The summed E-state index contributed by atoms with van der Waals surface area (Å²) in [5.74, 6) is 0. The third kappa shape index (κ3) is 3.11. The van der Waals surface area contributed by atoms with Crippen LogP contribution in [0, 0.1) is 20.8 Å². The van der Waals surface area contributed by atoms with E-state index in [0.717, 1.165) is 5.56 Å². The molecule has 1 heterocycles. The fourth-order valence-electron chi connectivity index (χ4n) is 4.53. The van der Waals surface area contributed by atoms with Crippen LogP contribution in [-0.2, 0) is 5.41 Å². The monoisotopic (exact) mass is 379 g/mol. The molecule has 144 valence electrons. The molecule has 0 unspecified atom stereocenters. The number of aryl methyl sites for hydroxylation is 3. The van der Waals surface area contributed by atoms with Crippen molar-refractivity contribution in [3.63, 3.8) is 0 Å². The first-order valence-corrected chi connectivity index (χ1v) is 9.92. The van der Waals surface area contributed by atoms with Crippen molar-refractivity contribution in [3.05, 3.63) is 140 Å². The Balaban J connectivity index is 2.25. The first-order valence-electron chi connectivity index (χ1n) is 9.92. The van der Waals surface area contributed by atoms with Gasteiger partial charge in [0.1, 0.15) is 0 Å². The molecule has 0 saturated carbocycles. The maximum absolute atomic E-state index is 11.9. The van der Waals surface area contributed by atoms with Gasteiger partial charge in [0, 0.05) is 12.3 Å². The fourth-order valence-corrected chi connectivity index (χ4v) is 4.53. The van der Waals surface area contributed by atoms with Gasteiger partial charge in [-0.3, -0.25) is 4.79 Å². The van der Waals surface area contributed by atoms with Crippen molar-refractivity contribution in [1.82, 2.24) is 4.98 Å². The van der Waals surface area contributed by atoms with E-state index >= 15 is 0 Å². The second-order valence-corrected chi connectivity index (χ2v) is 7.64. The Morgan fingerprint density at radius 1 is 0.586 bits per heavy atom. The van der Waals surface area contributed by atoms with Crippen LogP contribution >= 0.6 is 0 Å². The van der Waals surface area contributed by atoms with E-state index in [1.165, 1.54) is 33.4 Å². The van der Waals surface area contributed by atoms with E-state index in [0.29, 0.717) is 0 Å². The average molecular weight is 380 g/mol. The van der Waals surface area contributed by atoms with Crippen LogP contribution in [0.2, 0.25) is 0 Å². The number of pyridine rings is 1. The predicted octanol–water partition coefficient (Wildman–Crippen LogP) is 5.68. The van der Waals surface area contributed by atoms with Crippen LogP contribution in [0.3, 0.4) is 0 Å². The molecule has 2 nitrogen and oxygen atoms in total. The van der Waals surface area contributed by atoms with Crippen LogP contribution in [0.25, 0.3) is 0 Å². The minimum Gasteiger partial charge on any atom is -0.329 e. The van der Waals surface area contributed by atoms with Gasteiger partial charge < -0.3 is 4.98 Å². The van der Waals surface area contributed by atoms with Gasteiger partial charge in [0.2, 0.25) is 5.56 Å². The normalized spacial score (nSPS) is 11.4. The molecular weight excluding hydrogens is 354 g/mol. The van der Waals surface area contributed by atoms with E-state index in [-0.39, 0.29) is 5.56 Å². The summed E-state index contributed by atoms with van der Waals surface area (Å²) in [6, 6.07) is 29.2. The standard InChI is InChI=1S/C27H25NO/c1-19-10-4-7-13-23(19)27(22-16-17-26(29)28-18-22,24-14-8-5-11-20(24)2)25-15-9-6-12-21(25)3/h4-18H,1-3H3,(H,28,29). The van der Waals surface area contributed by atoms with Gasteiger partial charge >= 0.3 is 0 Å². The van der Waals surface area contributed by atoms with Gasteiger partial charge in [-0.2, -0.15) is 0 Å². The van der Waals surface area contributed by atoms with Crippen molar-refractivity contribution in [2.75, 3.05) is 0 Å². The Morgan fingerprint density at radius 3 is 1.34 bits per heavy atom. The molecule has 0 aliphatic rings. The van der Waals surface area contributed by atoms with Crippen LogP contribution in [0.5, 0.6) is 0 Å². The molecule has 1 N–H and O–H groups in total. The van der Waals surface area contributed by atoms with E-state index in [4.69, 9.17) is 0 Å². The number of nitrogens with one attached hydrogen (secondary N) is 1. The number of aromatic amines is 1. The third-order valence-corrected chi connectivity index (χ3v) is 5.86. The summed E-state index contributed by atoms with van der Waals surface area (Å²) in [5.41, 5.74) is 7.71. The van der Waals surface area contributed by atoms with Gasteiger partial charge in [-0.15, -0.1) is 0 Å². The Morgan fingerprint density at radius 2 is 1.00 bits per heavy atom. The molecule has 2 heteroatoms. The Labute approximate surface area is 171 Å². The number of hydrogen-bond acceptors (Lipinski definition) is 1. The molecule has 4 aromatic rings. The molecule has 0 saturated heterocycles. The van der Waals surface area contributed by atoms with Gasteiger partial charge in [-0.05, 0) is 59.7 Å². The highest BCUT2D eigenvalue weighted by atomic mass is 16.1. The number of hydrogen-bond donors (Lipinski definition) is 1. The quantitative estimate of drug-likeness (QED) is 0.455. The summed E-state index contributed by atoms with van der Waals surface area (Å²) in [6.07, 6.45) is 1.87. The average Bonchev–Trinajstić information content (AvgIpc) is 2.73. The molecule has 0 atom stereocenters. The van der Waals surface area contributed by atoms with Crippen molar-refractivity contribution >= 4 is 0 Å². The highest BCUT2D eigenvalue weighted by Gasteiger charge is 2.41. The van der Waals surface area contributed by atoms with Crippen LogP contribution < -0.4 is 5.56 Å². The molecule has 0 aliphatic carbocycles. The lowest BCUT2D eigenvalue weighted by molar-refractivity contribution is 0.720. The van der Waals surface area contributed by atoms with Crippen molar-refractivity contribution < 1.29 is 0 Å². The lowest BCUT2D eigenvalue weighted by Gasteiger charge is -2.39. The Bertz CT molecular complexity index is 1090. The maximum Gasteiger partial charge on any atom is 0.247 e. The zero-order chi connectivity index (χ0) is 20.4. The highest BCUT2D eigenvalue weighted by Crippen LogP contribution is 2.47. The van der Waals surface area contributed by atoms with Crippen LogP contribution in [0.15, 0.2) is 95.9 Å². The van der Waals surface area contributed by atoms with Crippen molar-refractivity contribution in [3.8, 4) is 0 Å². The van der Waals surface area contributed by atoms with Crippen LogP contribution in [-0.4, -0.2) is 4.98 Å². The fraction of sp³-hybridized carbons (Fsp3) is 0.148. The third-order valence-electron chi connectivity index (χ3n) is 5.86. The minimum absolute atomic E-state index is 0.0954. The van der Waals surface area contributed by atoms with Gasteiger partial charge in [-0.25, -0.2) is 0 Å². The molecule has 0 amide bonds. The molecule has 0 bridgehead atoms. The second kappa shape index (κ2) is 7.56. The number of benzene rings is 3. The van der Waals surface area contributed by atoms with Gasteiger partial charge in [-0.1, -0.05) is 78.9 Å². The largest absolute Gasteiger partial charge is 0.329 e. The topological polar surface area (TPSA) is 32.9 Å². The number of rotatable bonds is 4. The molecule has 29 heavy (non-hydrogen) atoms. The molecule has 0 spiro atoms. The molecule has 0 radical (unpaired) electrons. The van der Waals surface area contributed by atoms with E-state index in [9.17, 15) is 4.79 Å². The molecule has 3 aromatic carbocycles. The van der Waals surface area contributed by atoms with Gasteiger partial charge in [0.25, 0.3) is 0 Å². The second-order valence-electron chi connectivity index (χ2n) is 7.64. The molecule has 1 aromatic heterocycles. The number of H-pyrrole nitrogens is 1. The SMILES string of the molecule is Cc1ccccc1C(c1ccc(=O)[nH]c1)(c1ccccc1C)c1ccccc1C. The van der Waals surface area contributed by atoms with E-state index in [2.05, 4.69) is 98.6 Å². The van der Waals surface area contributed by atoms with E-state index in [1.54, 1.807) is 6.07 Å². The summed E-state index contributed by atoms with van der Waals surface area (Å²) in [5, 5.41) is 0. The highest BCUT2D eigenvalue weighted by molar-refractivity contribution is 5.63. The lowest BCUT2D eigenvalue weighted by Crippen LogP contribution is -2.34. The van der Waals surface area contributed by atoms with Crippen LogP contribution in [0.4, 0.5) is 0 Å². The van der Waals surface area contributed by atoms with Crippen LogP contribution in [0.1, 0.15) is 38.9 Å². The summed E-state index contributed by atoms with van der Waals surface area (Å²) < 4.78 is 0. The van der Waals surface area contributed by atoms with Gasteiger partial charge in [0.05, 0.1) is 5.41 Å². The molecule has 0 aliphatic heterocycles. The van der Waals surface area contributed by atoms with Crippen molar-refractivity contribution in [2.45, 2.75) is 26.2 Å². The molecular formula is C27H25NO. The molecule has 4 rings (SSSR count). The van der Waals surface area contributed by atoms with Gasteiger partial charge in [0.15, 0.2) is 0 Å². The summed E-state index contributed by atoms with van der Waals surface area (Å²) in [7, 11) is 0. The van der Waals surface area contributed by atoms with E-state index < -0.39 is 5.41 Å². The first kappa shape index (κ1) is 18.9. The maximum atomic E-state index is 11.9. The Hall–Kier alpha value is -3.39.